The van der Waals surface area contributed by atoms with Crippen molar-refractivity contribution in [2.75, 3.05) is 33.2 Å². The highest BCUT2D eigenvalue weighted by molar-refractivity contribution is 5.14. The van der Waals surface area contributed by atoms with E-state index in [1.807, 2.05) is 6.20 Å². The van der Waals surface area contributed by atoms with Gasteiger partial charge in [-0.2, -0.15) is 0 Å². The molecule has 1 aromatic rings. The Labute approximate surface area is 118 Å². The Hall–Kier alpha value is -0.930. The van der Waals surface area contributed by atoms with Crippen LogP contribution in [0.5, 0.6) is 0 Å². The van der Waals surface area contributed by atoms with Gasteiger partial charge in [-0.1, -0.05) is 33.3 Å². The van der Waals surface area contributed by atoms with Gasteiger partial charge in [0.25, 0.3) is 0 Å². The maximum atomic E-state index is 4.44. The first-order valence-electron chi connectivity index (χ1n) is 7.54. The molecule has 3 heteroatoms. The highest BCUT2D eigenvalue weighted by atomic mass is 15.2. The fraction of sp³-hybridized carbons (Fsp3) is 0.688. The molecule has 2 heterocycles. The first-order valence-corrected chi connectivity index (χ1v) is 7.54. The number of likely N-dealkylation sites (N-methyl/N-ethyl adjacent to an activating group) is 1. The molecule has 1 saturated heterocycles. The van der Waals surface area contributed by atoms with Crippen LogP contribution in [0.15, 0.2) is 18.3 Å². The molecule has 0 atom stereocenters. The third-order valence-electron chi connectivity index (χ3n) is 3.25. The van der Waals surface area contributed by atoms with E-state index in [9.17, 15) is 0 Å². The van der Waals surface area contributed by atoms with Gasteiger partial charge in [-0.3, -0.25) is 9.88 Å². The standard InChI is InChI=1S/C13H21N3.C3H8/c1-3-13-5-4-12(10-14-13)11-16-8-6-15(2)7-9-16;1-3-2/h4-5,10H,3,6-9,11H2,1-2H3;3H2,1-2H3. The number of aryl methyl sites for hydroxylation is 1. The number of rotatable bonds is 3. The molecule has 0 saturated carbocycles. The molecule has 3 nitrogen and oxygen atoms in total. The molecule has 0 aliphatic carbocycles. The molecular formula is C16H29N3. The van der Waals surface area contributed by atoms with Gasteiger partial charge in [0.05, 0.1) is 0 Å². The summed E-state index contributed by atoms with van der Waals surface area (Å²) in [6.07, 6.45) is 4.30. The van der Waals surface area contributed by atoms with Crippen LogP contribution in [-0.2, 0) is 13.0 Å². The van der Waals surface area contributed by atoms with E-state index in [4.69, 9.17) is 0 Å². The van der Waals surface area contributed by atoms with Crippen LogP contribution in [0.3, 0.4) is 0 Å². The number of aromatic nitrogens is 1. The van der Waals surface area contributed by atoms with E-state index in [1.165, 1.54) is 43.9 Å². The maximum Gasteiger partial charge on any atom is 0.0401 e. The predicted molar refractivity (Wildman–Crippen MR) is 82.4 cm³/mol. The Kier molecular flexibility index (Phi) is 7.68. The first kappa shape index (κ1) is 16.1. The molecule has 0 amide bonds. The summed E-state index contributed by atoms with van der Waals surface area (Å²) in [7, 11) is 2.19. The minimum atomic E-state index is 1.02. The van der Waals surface area contributed by atoms with Gasteiger partial charge in [-0.25, -0.2) is 0 Å². The van der Waals surface area contributed by atoms with Crippen molar-refractivity contribution in [3.63, 3.8) is 0 Å². The molecular weight excluding hydrogens is 234 g/mol. The lowest BCUT2D eigenvalue weighted by atomic mass is 10.2. The van der Waals surface area contributed by atoms with E-state index in [-0.39, 0.29) is 0 Å². The number of hydrogen-bond donors (Lipinski definition) is 0. The summed E-state index contributed by atoms with van der Waals surface area (Å²) < 4.78 is 0. The van der Waals surface area contributed by atoms with Crippen molar-refractivity contribution in [2.45, 2.75) is 40.2 Å². The second kappa shape index (κ2) is 9.05. The first-order chi connectivity index (χ1) is 9.19. The summed E-state index contributed by atoms with van der Waals surface area (Å²) in [5.74, 6) is 0. The van der Waals surface area contributed by atoms with Crippen LogP contribution in [0.1, 0.15) is 38.4 Å². The Balaban J connectivity index is 0.000000550. The van der Waals surface area contributed by atoms with Gasteiger partial charge in [-0.05, 0) is 25.1 Å². The van der Waals surface area contributed by atoms with Gasteiger partial charge < -0.3 is 4.90 Å². The van der Waals surface area contributed by atoms with E-state index in [0.29, 0.717) is 0 Å². The summed E-state index contributed by atoms with van der Waals surface area (Å²) in [4.78, 5) is 9.33. The van der Waals surface area contributed by atoms with Crippen molar-refractivity contribution < 1.29 is 0 Å². The second-order valence-electron chi connectivity index (χ2n) is 5.30. The second-order valence-corrected chi connectivity index (χ2v) is 5.30. The maximum absolute atomic E-state index is 4.44. The quantitative estimate of drug-likeness (QED) is 0.836. The lowest BCUT2D eigenvalue weighted by Gasteiger charge is -2.32. The number of hydrogen-bond acceptors (Lipinski definition) is 3. The molecule has 19 heavy (non-hydrogen) atoms. The topological polar surface area (TPSA) is 19.4 Å². The number of pyridine rings is 1. The SMILES string of the molecule is CCC.CCc1ccc(CN2CCN(C)CC2)cn1. The van der Waals surface area contributed by atoms with Gasteiger partial charge in [0.2, 0.25) is 0 Å². The number of piperazine rings is 1. The zero-order valence-corrected chi connectivity index (χ0v) is 13.0. The van der Waals surface area contributed by atoms with Crippen LogP contribution in [0.2, 0.25) is 0 Å². The van der Waals surface area contributed by atoms with Crippen molar-refractivity contribution in [1.82, 2.24) is 14.8 Å². The highest BCUT2D eigenvalue weighted by Gasteiger charge is 2.13. The van der Waals surface area contributed by atoms with E-state index in [2.05, 4.69) is 54.7 Å². The molecule has 0 radical (unpaired) electrons. The summed E-state index contributed by atoms with van der Waals surface area (Å²) in [6, 6.07) is 4.36. The van der Waals surface area contributed by atoms with E-state index in [0.717, 1.165) is 13.0 Å². The van der Waals surface area contributed by atoms with Crippen LogP contribution in [-0.4, -0.2) is 48.0 Å². The van der Waals surface area contributed by atoms with Crippen molar-refractivity contribution in [3.05, 3.63) is 29.6 Å². The Bertz CT molecular complexity index is 326. The van der Waals surface area contributed by atoms with E-state index >= 15 is 0 Å². The Morgan fingerprint density at radius 1 is 1.05 bits per heavy atom. The van der Waals surface area contributed by atoms with Crippen molar-refractivity contribution in [2.24, 2.45) is 0 Å². The molecule has 1 aromatic heterocycles. The lowest BCUT2D eigenvalue weighted by Crippen LogP contribution is -2.43. The molecule has 1 fully saturated rings. The van der Waals surface area contributed by atoms with Gasteiger partial charge in [-0.15, -0.1) is 0 Å². The van der Waals surface area contributed by atoms with Gasteiger partial charge in [0.15, 0.2) is 0 Å². The highest BCUT2D eigenvalue weighted by Crippen LogP contribution is 2.07. The summed E-state index contributed by atoms with van der Waals surface area (Å²) in [6.45, 7) is 12.1. The fourth-order valence-electron chi connectivity index (χ4n) is 2.02. The van der Waals surface area contributed by atoms with Gasteiger partial charge in [0, 0.05) is 44.6 Å². The van der Waals surface area contributed by atoms with E-state index in [1.54, 1.807) is 0 Å². The van der Waals surface area contributed by atoms with Crippen LogP contribution >= 0.6 is 0 Å². The zero-order chi connectivity index (χ0) is 14.1. The molecule has 2 rings (SSSR count). The normalized spacial score (nSPS) is 16.8. The largest absolute Gasteiger partial charge is 0.304 e. The average molecular weight is 263 g/mol. The van der Waals surface area contributed by atoms with Crippen LogP contribution in [0.4, 0.5) is 0 Å². The van der Waals surface area contributed by atoms with Crippen molar-refractivity contribution >= 4 is 0 Å². The monoisotopic (exact) mass is 263 g/mol. The lowest BCUT2D eigenvalue weighted by molar-refractivity contribution is 0.148. The van der Waals surface area contributed by atoms with E-state index < -0.39 is 0 Å². The third-order valence-corrected chi connectivity index (χ3v) is 3.25. The summed E-state index contributed by atoms with van der Waals surface area (Å²) >= 11 is 0. The van der Waals surface area contributed by atoms with Crippen LogP contribution < -0.4 is 0 Å². The minimum absolute atomic E-state index is 1.02. The van der Waals surface area contributed by atoms with Crippen LogP contribution in [0, 0.1) is 0 Å². The predicted octanol–water partition coefficient (Wildman–Crippen LogP) is 2.81. The molecule has 1 aliphatic rings. The Morgan fingerprint density at radius 3 is 2.16 bits per heavy atom. The van der Waals surface area contributed by atoms with Crippen LogP contribution in [0.25, 0.3) is 0 Å². The molecule has 0 unspecified atom stereocenters. The zero-order valence-electron chi connectivity index (χ0n) is 13.0. The average Bonchev–Trinajstić information content (AvgIpc) is 2.43. The third kappa shape index (κ3) is 6.17. The van der Waals surface area contributed by atoms with Crippen molar-refractivity contribution in [1.29, 1.82) is 0 Å². The molecule has 108 valence electrons. The van der Waals surface area contributed by atoms with Crippen molar-refractivity contribution in [3.8, 4) is 0 Å². The Morgan fingerprint density at radius 2 is 1.68 bits per heavy atom. The molecule has 0 N–H and O–H groups in total. The number of nitrogens with zero attached hydrogens (tertiary/aromatic N) is 3. The summed E-state index contributed by atoms with van der Waals surface area (Å²) in [5, 5.41) is 0. The fourth-order valence-corrected chi connectivity index (χ4v) is 2.02. The van der Waals surface area contributed by atoms with Gasteiger partial charge >= 0.3 is 0 Å². The molecule has 0 bridgehead atoms. The molecule has 1 aliphatic heterocycles. The van der Waals surface area contributed by atoms with Gasteiger partial charge in [0.1, 0.15) is 0 Å². The molecule has 0 spiro atoms. The summed E-state index contributed by atoms with van der Waals surface area (Å²) in [5.41, 5.74) is 2.52. The minimum Gasteiger partial charge on any atom is -0.304 e. The smallest absolute Gasteiger partial charge is 0.0401 e. The molecule has 0 aromatic carbocycles.